The van der Waals surface area contributed by atoms with Gasteiger partial charge in [-0.15, -0.1) is 0 Å². The summed E-state index contributed by atoms with van der Waals surface area (Å²) in [6.45, 7) is 1.98. The molecule has 0 radical (unpaired) electrons. The SMILES string of the molecule is COc1ccc(C2CC2(C)C#N)cc1Cl. The Morgan fingerprint density at radius 1 is 1.60 bits per heavy atom. The van der Waals surface area contributed by atoms with Gasteiger partial charge in [0.1, 0.15) is 5.75 Å². The minimum absolute atomic E-state index is 0.197. The number of nitrogens with zero attached hydrogens (tertiary/aromatic N) is 1. The van der Waals surface area contributed by atoms with Gasteiger partial charge in [-0.2, -0.15) is 5.26 Å². The van der Waals surface area contributed by atoms with Crippen LogP contribution in [0.4, 0.5) is 0 Å². The number of methoxy groups -OCH3 is 1. The Morgan fingerprint density at radius 3 is 2.80 bits per heavy atom. The van der Waals surface area contributed by atoms with Crippen molar-refractivity contribution >= 4 is 11.6 Å². The monoisotopic (exact) mass is 221 g/mol. The highest BCUT2D eigenvalue weighted by Crippen LogP contribution is 2.58. The lowest BCUT2D eigenvalue weighted by Crippen LogP contribution is -1.93. The molecule has 2 rings (SSSR count). The molecule has 0 N–H and O–H groups in total. The molecule has 1 aromatic carbocycles. The van der Waals surface area contributed by atoms with Gasteiger partial charge in [-0.3, -0.25) is 0 Å². The minimum Gasteiger partial charge on any atom is -0.495 e. The largest absolute Gasteiger partial charge is 0.495 e. The molecule has 1 saturated carbocycles. The van der Waals surface area contributed by atoms with Crippen LogP contribution in [0.5, 0.6) is 5.75 Å². The van der Waals surface area contributed by atoms with E-state index in [0.29, 0.717) is 16.7 Å². The molecule has 2 nitrogen and oxygen atoms in total. The first kappa shape index (κ1) is 10.3. The van der Waals surface area contributed by atoms with Crippen molar-refractivity contribution in [2.75, 3.05) is 7.11 Å². The fraction of sp³-hybridized carbons (Fsp3) is 0.417. The summed E-state index contributed by atoms with van der Waals surface area (Å²) in [6, 6.07) is 8.07. The van der Waals surface area contributed by atoms with Gasteiger partial charge in [0.25, 0.3) is 0 Å². The molecule has 0 heterocycles. The fourth-order valence-corrected chi connectivity index (χ4v) is 2.14. The maximum atomic E-state index is 8.96. The third-order valence-corrected chi connectivity index (χ3v) is 3.37. The number of hydrogen-bond acceptors (Lipinski definition) is 2. The quantitative estimate of drug-likeness (QED) is 0.767. The van der Waals surface area contributed by atoms with Crippen molar-refractivity contribution in [2.45, 2.75) is 19.3 Å². The van der Waals surface area contributed by atoms with Crippen molar-refractivity contribution in [1.29, 1.82) is 5.26 Å². The summed E-state index contributed by atoms with van der Waals surface area (Å²) in [6.07, 6.45) is 0.923. The Bertz CT molecular complexity index is 438. The second kappa shape index (κ2) is 3.43. The molecule has 0 spiro atoms. The molecule has 1 fully saturated rings. The van der Waals surface area contributed by atoms with E-state index >= 15 is 0 Å². The molecule has 3 heteroatoms. The van der Waals surface area contributed by atoms with E-state index in [1.54, 1.807) is 7.11 Å². The van der Waals surface area contributed by atoms with Gasteiger partial charge in [0.2, 0.25) is 0 Å². The topological polar surface area (TPSA) is 33.0 Å². The van der Waals surface area contributed by atoms with Crippen molar-refractivity contribution in [3.05, 3.63) is 28.8 Å². The van der Waals surface area contributed by atoms with Crippen molar-refractivity contribution in [3.8, 4) is 11.8 Å². The Morgan fingerprint density at radius 2 is 2.33 bits per heavy atom. The number of halogens is 1. The molecule has 2 atom stereocenters. The summed E-state index contributed by atoms with van der Waals surface area (Å²) in [5, 5.41) is 9.57. The maximum absolute atomic E-state index is 8.96. The van der Waals surface area contributed by atoms with Gasteiger partial charge in [0.15, 0.2) is 0 Å². The lowest BCUT2D eigenvalue weighted by Gasteiger charge is -2.06. The van der Waals surface area contributed by atoms with Crippen LogP contribution in [-0.4, -0.2) is 7.11 Å². The van der Waals surface area contributed by atoms with E-state index in [1.165, 1.54) is 0 Å². The number of nitriles is 1. The number of hydrogen-bond donors (Lipinski definition) is 0. The summed E-state index contributed by atoms with van der Waals surface area (Å²) >= 11 is 6.03. The van der Waals surface area contributed by atoms with E-state index in [1.807, 2.05) is 25.1 Å². The van der Waals surface area contributed by atoms with Crippen LogP contribution in [0.1, 0.15) is 24.8 Å². The van der Waals surface area contributed by atoms with Crippen molar-refractivity contribution in [2.24, 2.45) is 5.41 Å². The summed E-state index contributed by atoms with van der Waals surface area (Å²) in [5.74, 6) is 1.01. The van der Waals surface area contributed by atoms with Gasteiger partial charge in [-0.1, -0.05) is 17.7 Å². The number of rotatable bonds is 2. The Hall–Kier alpha value is -1.20. The van der Waals surface area contributed by atoms with Gasteiger partial charge in [0.05, 0.1) is 23.6 Å². The van der Waals surface area contributed by atoms with Crippen LogP contribution in [-0.2, 0) is 0 Å². The summed E-state index contributed by atoms with van der Waals surface area (Å²) in [7, 11) is 1.59. The number of ether oxygens (including phenoxy) is 1. The normalized spacial score (nSPS) is 28.3. The first-order valence-corrected chi connectivity index (χ1v) is 5.23. The Balaban J connectivity index is 2.27. The van der Waals surface area contributed by atoms with Crippen LogP contribution >= 0.6 is 11.6 Å². The minimum atomic E-state index is -0.197. The third-order valence-electron chi connectivity index (χ3n) is 3.07. The van der Waals surface area contributed by atoms with Crippen LogP contribution in [0.25, 0.3) is 0 Å². The first-order chi connectivity index (χ1) is 7.10. The van der Waals surface area contributed by atoms with Gasteiger partial charge in [0, 0.05) is 5.92 Å². The van der Waals surface area contributed by atoms with Crippen LogP contribution in [0.2, 0.25) is 5.02 Å². The standard InChI is InChI=1S/C12H12ClNO/c1-12(7-14)6-9(12)8-3-4-11(15-2)10(13)5-8/h3-5,9H,6H2,1-2H3. The lowest BCUT2D eigenvalue weighted by molar-refractivity contribution is 0.415. The van der Waals surface area contributed by atoms with Gasteiger partial charge in [-0.05, 0) is 31.0 Å². The van der Waals surface area contributed by atoms with E-state index in [4.69, 9.17) is 21.6 Å². The highest BCUT2D eigenvalue weighted by molar-refractivity contribution is 6.32. The van der Waals surface area contributed by atoms with Gasteiger partial charge in [-0.25, -0.2) is 0 Å². The highest BCUT2D eigenvalue weighted by Gasteiger charge is 2.51. The van der Waals surface area contributed by atoms with Crippen LogP contribution in [0.3, 0.4) is 0 Å². The maximum Gasteiger partial charge on any atom is 0.137 e. The molecule has 0 aromatic heterocycles. The molecule has 1 aromatic rings. The Kier molecular flexibility index (Phi) is 2.36. The molecule has 15 heavy (non-hydrogen) atoms. The molecule has 1 aliphatic rings. The van der Waals surface area contributed by atoms with Crippen LogP contribution in [0.15, 0.2) is 18.2 Å². The zero-order valence-corrected chi connectivity index (χ0v) is 9.51. The molecular formula is C12H12ClNO. The van der Waals surface area contributed by atoms with Crippen molar-refractivity contribution in [1.82, 2.24) is 0 Å². The average molecular weight is 222 g/mol. The molecule has 0 bridgehead atoms. The predicted molar refractivity (Wildman–Crippen MR) is 59.1 cm³/mol. The van der Waals surface area contributed by atoms with E-state index < -0.39 is 0 Å². The van der Waals surface area contributed by atoms with Gasteiger partial charge >= 0.3 is 0 Å². The molecule has 0 amide bonds. The van der Waals surface area contributed by atoms with E-state index in [2.05, 4.69) is 6.07 Å². The molecule has 0 aliphatic heterocycles. The highest BCUT2D eigenvalue weighted by atomic mass is 35.5. The summed E-state index contributed by atoms with van der Waals surface area (Å²) in [5.41, 5.74) is 0.933. The third kappa shape index (κ3) is 1.68. The molecule has 2 unspecified atom stereocenters. The Labute approximate surface area is 94.4 Å². The van der Waals surface area contributed by atoms with Crippen LogP contribution in [0, 0.1) is 16.7 Å². The lowest BCUT2D eigenvalue weighted by atomic mass is 10.0. The second-order valence-corrected chi connectivity index (χ2v) is 4.59. The zero-order valence-electron chi connectivity index (χ0n) is 8.75. The average Bonchev–Trinajstić information content (AvgIpc) is 2.92. The van der Waals surface area contributed by atoms with Gasteiger partial charge < -0.3 is 4.74 Å². The second-order valence-electron chi connectivity index (χ2n) is 4.18. The predicted octanol–water partition coefficient (Wildman–Crippen LogP) is 3.37. The number of benzene rings is 1. The summed E-state index contributed by atoms with van der Waals surface area (Å²) in [4.78, 5) is 0. The fourth-order valence-electron chi connectivity index (χ4n) is 1.87. The molecule has 0 saturated heterocycles. The van der Waals surface area contributed by atoms with E-state index in [-0.39, 0.29) is 5.41 Å². The first-order valence-electron chi connectivity index (χ1n) is 4.85. The molecular weight excluding hydrogens is 210 g/mol. The molecule has 1 aliphatic carbocycles. The van der Waals surface area contributed by atoms with Crippen molar-refractivity contribution in [3.63, 3.8) is 0 Å². The van der Waals surface area contributed by atoms with E-state index in [9.17, 15) is 0 Å². The van der Waals surface area contributed by atoms with E-state index in [0.717, 1.165) is 12.0 Å². The smallest absolute Gasteiger partial charge is 0.137 e. The van der Waals surface area contributed by atoms with Crippen LogP contribution < -0.4 is 4.74 Å². The molecule has 78 valence electrons. The summed E-state index contributed by atoms with van der Waals surface area (Å²) < 4.78 is 5.08. The zero-order chi connectivity index (χ0) is 11.1. The van der Waals surface area contributed by atoms with Crippen molar-refractivity contribution < 1.29 is 4.74 Å².